The number of aryl methyl sites for hydroxylation is 1. The van der Waals surface area contributed by atoms with Gasteiger partial charge in [-0.05, 0) is 36.8 Å². The summed E-state index contributed by atoms with van der Waals surface area (Å²) in [5.74, 6) is -0.781. The van der Waals surface area contributed by atoms with E-state index in [2.05, 4.69) is 15.8 Å². The lowest BCUT2D eigenvalue weighted by Gasteiger charge is -2.09. The second-order valence-corrected chi connectivity index (χ2v) is 5.63. The fourth-order valence-corrected chi connectivity index (χ4v) is 2.30. The van der Waals surface area contributed by atoms with Crippen molar-refractivity contribution in [2.75, 3.05) is 19.5 Å². The van der Waals surface area contributed by atoms with Gasteiger partial charge in [-0.3, -0.25) is 9.59 Å². The first-order chi connectivity index (χ1) is 12.5. The fourth-order valence-electron chi connectivity index (χ4n) is 2.13. The van der Waals surface area contributed by atoms with Gasteiger partial charge in [0.05, 0.1) is 20.4 Å². The minimum Gasteiger partial charge on any atom is -0.493 e. The summed E-state index contributed by atoms with van der Waals surface area (Å²) < 4.78 is 10.4. The Hall–Kier alpha value is -3.06. The predicted molar refractivity (Wildman–Crippen MR) is 100 cm³/mol. The summed E-state index contributed by atoms with van der Waals surface area (Å²) in [5.41, 5.74) is 3.98. The van der Waals surface area contributed by atoms with Crippen LogP contribution in [0.2, 0.25) is 5.02 Å². The number of carbonyl (C=O) groups excluding carboxylic acids is 2. The number of amides is 2. The smallest absolute Gasteiger partial charge is 0.329 e. The van der Waals surface area contributed by atoms with E-state index in [0.717, 1.165) is 5.56 Å². The average Bonchev–Trinajstić information content (AvgIpc) is 2.64. The lowest BCUT2D eigenvalue weighted by molar-refractivity contribution is -0.136. The molecule has 0 saturated carbocycles. The van der Waals surface area contributed by atoms with Gasteiger partial charge in [-0.15, -0.1) is 0 Å². The van der Waals surface area contributed by atoms with E-state index in [1.165, 1.54) is 20.4 Å². The van der Waals surface area contributed by atoms with Crippen molar-refractivity contribution in [3.05, 3.63) is 52.5 Å². The van der Waals surface area contributed by atoms with Gasteiger partial charge in [0.2, 0.25) is 0 Å². The summed E-state index contributed by atoms with van der Waals surface area (Å²) in [5, 5.41) is 6.72. The molecule has 0 radical (unpaired) electrons. The third-order valence-electron chi connectivity index (χ3n) is 3.46. The van der Waals surface area contributed by atoms with Crippen molar-refractivity contribution in [3.63, 3.8) is 0 Å². The quantitative estimate of drug-likeness (QED) is 0.477. The highest BCUT2D eigenvalue weighted by Crippen LogP contribution is 2.29. The molecule has 0 unspecified atom stereocenters. The lowest BCUT2D eigenvalue weighted by Crippen LogP contribution is -2.32. The zero-order valence-electron chi connectivity index (χ0n) is 14.5. The molecule has 0 spiro atoms. The zero-order chi connectivity index (χ0) is 19.1. The standard InChI is InChI=1S/C18H18ClN3O4/c1-11-7-8-13(19)9-14(11)21-17(23)18(24)22-20-10-12-5-4-6-15(25-2)16(12)26-3/h4-10H,1-3H3,(H,21,23)(H,22,24)/b20-10-. The minimum absolute atomic E-state index is 0.453. The molecule has 0 fully saturated rings. The number of nitrogens with zero attached hydrogens (tertiary/aromatic N) is 1. The van der Waals surface area contributed by atoms with Crippen LogP contribution in [-0.4, -0.2) is 32.2 Å². The van der Waals surface area contributed by atoms with Crippen molar-refractivity contribution in [1.29, 1.82) is 0 Å². The normalized spacial score (nSPS) is 10.5. The van der Waals surface area contributed by atoms with Crippen LogP contribution in [0.5, 0.6) is 11.5 Å². The van der Waals surface area contributed by atoms with Crippen LogP contribution in [0.25, 0.3) is 0 Å². The summed E-state index contributed by atoms with van der Waals surface area (Å²) in [6, 6.07) is 10.2. The van der Waals surface area contributed by atoms with E-state index in [1.807, 2.05) is 0 Å². The first kappa shape index (κ1) is 19.3. The number of halogens is 1. The highest BCUT2D eigenvalue weighted by molar-refractivity contribution is 6.40. The van der Waals surface area contributed by atoms with E-state index in [9.17, 15) is 9.59 Å². The van der Waals surface area contributed by atoms with E-state index in [1.54, 1.807) is 43.3 Å². The summed E-state index contributed by atoms with van der Waals surface area (Å²) >= 11 is 5.89. The summed E-state index contributed by atoms with van der Waals surface area (Å²) in [7, 11) is 3.01. The van der Waals surface area contributed by atoms with Gasteiger partial charge >= 0.3 is 11.8 Å². The van der Waals surface area contributed by atoms with E-state index in [0.29, 0.717) is 27.8 Å². The van der Waals surface area contributed by atoms with Gasteiger partial charge in [-0.2, -0.15) is 5.10 Å². The Morgan fingerprint density at radius 3 is 2.58 bits per heavy atom. The minimum atomic E-state index is -0.914. The zero-order valence-corrected chi connectivity index (χ0v) is 15.3. The second-order valence-electron chi connectivity index (χ2n) is 5.20. The Balaban J connectivity index is 2.03. The second kappa shape index (κ2) is 8.87. The molecule has 0 saturated heterocycles. The number of hydrogen-bond acceptors (Lipinski definition) is 5. The molecule has 0 bridgehead atoms. The topological polar surface area (TPSA) is 89.0 Å². The number of hydrogen-bond donors (Lipinski definition) is 2. The van der Waals surface area contributed by atoms with Crippen molar-refractivity contribution >= 4 is 35.3 Å². The molecule has 26 heavy (non-hydrogen) atoms. The van der Waals surface area contributed by atoms with Crippen molar-refractivity contribution in [2.45, 2.75) is 6.92 Å². The molecule has 136 valence electrons. The Morgan fingerprint density at radius 2 is 1.88 bits per heavy atom. The molecule has 7 nitrogen and oxygen atoms in total. The van der Waals surface area contributed by atoms with Crippen molar-refractivity contribution in [1.82, 2.24) is 5.43 Å². The number of nitrogens with one attached hydrogen (secondary N) is 2. The number of rotatable bonds is 5. The molecule has 0 aliphatic carbocycles. The van der Waals surface area contributed by atoms with Crippen LogP contribution in [0.15, 0.2) is 41.5 Å². The molecule has 0 aliphatic rings. The van der Waals surface area contributed by atoms with E-state index in [4.69, 9.17) is 21.1 Å². The molecule has 0 aromatic heterocycles. The number of hydrazone groups is 1. The highest BCUT2D eigenvalue weighted by atomic mass is 35.5. The summed E-state index contributed by atoms with van der Waals surface area (Å²) in [4.78, 5) is 23.8. The van der Waals surface area contributed by atoms with Crippen LogP contribution >= 0.6 is 11.6 Å². The van der Waals surface area contributed by atoms with Gasteiger partial charge in [0.25, 0.3) is 0 Å². The molecule has 2 aromatic carbocycles. The molecule has 2 N–H and O–H groups in total. The van der Waals surface area contributed by atoms with Gasteiger partial charge in [-0.1, -0.05) is 23.7 Å². The summed E-state index contributed by atoms with van der Waals surface area (Å²) in [6.07, 6.45) is 1.36. The van der Waals surface area contributed by atoms with Crippen LogP contribution in [0, 0.1) is 6.92 Å². The first-order valence-electron chi connectivity index (χ1n) is 7.57. The van der Waals surface area contributed by atoms with Crippen LogP contribution in [0.4, 0.5) is 5.69 Å². The average molecular weight is 376 g/mol. The first-order valence-corrected chi connectivity index (χ1v) is 7.95. The maximum atomic E-state index is 12.0. The number of methoxy groups -OCH3 is 2. The molecular formula is C18H18ClN3O4. The van der Waals surface area contributed by atoms with Crippen LogP contribution < -0.4 is 20.2 Å². The fraction of sp³-hybridized carbons (Fsp3) is 0.167. The number of anilines is 1. The van der Waals surface area contributed by atoms with Gasteiger partial charge in [0.15, 0.2) is 11.5 Å². The summed E-state index contributed by atoms with van der Waals surface area (Å²) in [6.45, 7) is 1.79. The molecule has 8 heteroatoms. The van der Waals surface area contributed by atoms with Crippen molar-refractivity contribution in [3.8, 4) is 11.5 Å². The van der Waals surface area contributed by atoms with Gasteiger partial charge in [-0.25, -0.2) is 5.43 Å². The molecular weight excluding hydrogens is 358 g/mol. The van der Waals surface area contributed by atoms with E-state index < -0.39 is 11.8 Å². The molecule has 2 rings (SSSR count). The number of benzene rings is 2. The number of carbonyl (C=O) groups is 2. The largest absolute Gasteiger partial charge is 0.493 e. The van der Waals surface area contributed by atoms with Crippen LogP contribution in [-0.2, 0) is 9.59 Å². The highest BCUT2D eigenvalue weighted by Gasteiger charge is 2.14. The molecule has 2 amide bonds. The Morgan fingerprint density at radius 1 is 1.12 bits per heavy atom. The Kier molecular flexibility index (Phi) is 6.57. The van der Waals surface area contributed by atoms with E-state index >= 15 is 0 Å². The molecule has 0 atom stereocenters. The van der Waals surface area contributed by atoms with E-state index in [-0.39, 0.29) is 0 Å². The monoisotopic (exact) mass is 375 g/mol. The van der Waals surface area contributed by atoms with Gasteiger partial charge < -0.3 is 14.8 Å². The lowest BCUT2D eigenvalue weighted by atomic mass is 10.2. The molecule has 0 aliphatic heterocycles. The van der Waals surface area contributed by atoms with Crippen molar-refractivity contribution < 1.29 is 19.1 Å². The Bertz CT molecular complexity index is 852. The third-order valence-corrected chi connectivity index (χ3v) is 3.69. The third kappa shape index (κ3) is 4.73. The van der Waals surface area contributed by atoms with Crippen molar-refractivity contribution in [2.24, 2.45) is 5.10 Å². The number of para-hydroxylation sites is 1. The maximum absolute atomic E-state index is 12.0. The van der Waals surface area contributed by atoms with Crippen LogP contribution in [0.1, 0.15) is 11.1 Å². The SMILES string of the molecule is COc1cccc(/C=N\NC(=O)C(=O)Nc2cc(Cl)ccc2C)c1OC. The Labute approximate surface area is 155 Å². The molecule has 2 aromatic rings. The number of ether oxygens (including phenoxy) is 2. The predicted octanol–water partition coefficient (Wildman–Crippen LogP) is 2.75. The molecule has 0 heterocycles. The van der Waals surface area contributed by atoms with Gasteiger partial charge in [0, 0.05) is 16.3 Å². The van der Waals surface area contributed by atoms with Gasteiger partial charge in [0.1, 0.15) is 0 Å². The van der Waals surface area contributed by atoms with Crippen LogP contribution in [0.3, 0.4) is 0 Å². The maximum Gasteiger partial charge on any atom is 0.329 e.